The van der Waals surface area contributed by atoms with Gasteiger partial charge in [-0.25, -0.2) is 0 Å². The van der Waals surface area contributed by atoms with E-state index in [-0.39, 0.29) is 51.0 Å². The molecule has 1 aromatic carbocycles. The van der Waals surface area contributed by atoms with Gasteiger partial charge in [0, 0.05) is 57.8 Å². The predicted octanol–water partition coefficient (Wildman–Crippen LogP) is 2.07. The molecule has 3 radical (unpaired) electrons. The Kier molecular flexibility index (Phi) is 8.66. The van der Waals surface area contributed by atoms with Crippen molar-refractivity contribution in [3.63, 3.8) is 0 Å². The second-order valence-corrected chi connectivity index (χ2v) is 5.47. The quantitative estimate of drug-likeness (QED) is 0.587. The number of amides is 1. The Morgan fingerprint density at radius 2 is 2.27 bits per heavy atom. The topological polar surface area (TPSA) is 49.8 Å². The first-order valence-corrected chi connectivity index (χ1v) is 7.32. The van der Waals surface area contributed by atoms with E-state index in [0.29, 0.717) is 25.1 Å². The minimum Gasteiger partial charge on any atom is -0.665 e. The van der Waals surface area contributed by atoms with E-state index in [9.17, 15) is 9.90 Å². The molecule has 2 atom stereocenters. The van der Waals surface area contributed by atoms with Gasteiger partial charge in [-0.05, 0) is 37.0 Å². The van der Waals surface area contributed by atoms with Crippen molar-refractivity contribution in [1.82, 2.24) is 4.90 Å². The van der Waals surface area contributed by atoms with E-state index in [1.54, 1.807) is 0 Å². The summed E-state index contributed by atoms with van der Waals surface area (Å²) in [5.74, 6) is 0.859. The maximum absolute atomic E-state index is 12.1. The van der Waals surface area contributed by atoms with Crippen LogP contribution in [-0.2, 0) is 44.0 Å². The van der Waals surface area contributed by atoms with Gasteiger partial charge in [-0.2, -0.15) is 7.11 Å². The Labute approximate surface area is 158 Å². The Morgan fingerprint density at radius 1 is 1.50 bits per heavy atom. The van der Waals surface area contributed by atoms with Crippen molar-refractivity contribution in [2.45, 2.75) is 50.7 Å². The monoisotopic (exact) mass is 375 g/mol. The normalized spacial score (nSPS) is 18.9. The van der Waals surface area contributed by atoms with Crippen molar-refractivity contribution in [3.8, 4) is 5.75 Å². The van der Waals surface area contributed by atoms with Gasteiger partial charge in [0.1, 0.15) is 0 Å². The van der Waals surface area contributed by atoms with Gasteiger partial charge in [0.15, 0.2) is 0 Å². The van der Waals surface area contributed by atoms with Gasteiger partial charge < -0.3 is 14.7 Å². The number of carbonyl (C=O) groups is 1. The molecule has 1 N–H and O–H groups in total. The number of hydrogen-bond acceptors (Lipinski definition) is 3. The summed E-state index contributed by atoms with van der Waals surface area (Å²) in [6, 6.07) is 7.77. The summed E-state index contributed by atoms with van der Waals surface area (Å²) in [4.78, 5) is 13.9. The second-order valence-electron chi connectivity index (χ2n) is 5.47. The molecule has 2 unspecified atom stereocenters. The fourth-order valence-corrected chi connectivity index (χ4v) is 2.74. The van der Waals surface area contributed by atoms with Crippen molar-refractivity contribution in [2.75, 3.05) is 0 Å². The zero-order chi connectivity index (χ0) is 15.2. The van der Waals surface area contributed by atoms with Crippen molar-refractivity contribution in [1.29, 1.82) is 0 Å². The molecule has 6 heteroatoms. The molecule has 4 nitrogen and oxygen atoms in total. The van der Waals surface area contributed by atoms with Crippen LogP contribution >= 0.6 is 0 Å². The van der Waals surface area contributed by atoms with Crippen LogP contribution in [0.4, 0.5) is 0 Å². The molecule has 0 bridgehead atoms. The third-order valence-corrected chi connectivity index (χ3v) is 3.98. The summed E-state index contributed by atoms with van der Waals surface area (Å²) < 4.78 is 4.97. The SMILES string of the molecule is [B]CC(O)CCC1CCC(=O)N1Cc1cccc(O[CH2-])c1.[Y]. The fourth-order valence-electron chi connectivity index (χ4n) is 2.74. The molecule has 1 aromatic rings. The molecule has 0 saturated carbocycles. The van der Waals surface area contributed by atoms with Gasteiger partial charge in [-0.3, -0.25) is 4.79 Å². The molecule has 1 aliphatic heterocycles. The van der Waals surface area contributed by atoms with Crippen molar-refractivity contribution >= 4 is 13.8 Å². The van der Waals surface area contributed by atoms with Crippen LogP contribution in [0.1, 0.15) is 31.2 Å². The van der Waals surface area contributed by atoms with Crippen LogP contribution in [0.25, 0.3) is 0 Å². The molecule has 2 rings (SSSR count). The Hall–Kier alpha value is -0.381. The summed E-state index contributed by atoms with van der Waals surface area (Å²) >= 11 is 0. The van der Waals surface area contributed by atoms with E-state index in [2.05, 4.69) is 7.11 Å². The van der Waals surface area contributed by atoms with Gasteiger partial charge in [0.05, 0.1) is 13.6 Å². The molecule has 1 heterocycles. The Bertz CT molecular complexity index is 486. The minimum atomic E-state index is -0.481. The molecular formula is C16H21BNO3Y-. The summed E-state index contributed by atoms with van der Waals surface area (Å²) in [6.45, 7) is 0.569. The number of carbonyl (C=O) groups excluding carboxylic acids is 1. The first-order chi connectivity index (χ1) is 10.1. The van der Waals surface area contributed by atoms with Crippen LogP contribution in [0.15, 0.2) is 24.3 Å². The number of aliphatic hydroxyl groups is 1. The van der Waals surface area contributed by atoms with E-state index in [4.69, 9.17) is 12.6 Å². The van der Waals surface area contributed by atoms with Crippen molar-refractivity contribution < 1.29 is 47.3 Å². The van der Waals surface area contributed by atoms with E-state index < -0.39 is 6.10 Å². The van der Waals surface area contributed by atoms with Gasteiger partial charge in [0.2, 0.25) is 5.91 Å². The van der Waals surface area contributed by atoms with Crippen LogP contribution in [0.3, 0.4) is 0 Å². The number of aliphatic hydroxyl groups excluding tert-OH is 1. The molecule has 1 aliphatic rings. The Morgan fingerprint density at radius 3 is 2.95 bits per heavy atom. The summed E-state index contributed by atoms with van der Waals surface area (Å²) in [6.07, 6.45) is 2.63. The first kappa shape index (κ1) is 19.7. The number of benzene rings is 1. The smallest absolute Gasteiger partial charge is 0.223 e. The largest absolute Gasteiger partial charge is 0.665 e. The van der Waals surface area contributed by atoms with Crippen LogP contribution in [0.5, 0.6) is 5.75 Å². The number of likely N-dealkylation sites (tertiary alicyclic amines) is 1. The molecule has 1 saturated heterocycles. The zero-order valence-electron chi connectivity index (χ0n) is 12.8. The standard InChI is InChI=1S/C16H21BNO3.Y/c1-21-15-4-2-3-12(9-15)11-18-13(6-8-16(18)20)5-7-14(19)10-17;/h2-4,9,13-14,19H,1,5-8,10-11H2;/q-1;. The zero-order valence-corrected chi connectivity index (χ0v) is 15.6. The third-order valence-electron chi connectivity index (χ3n) is 3.98. The van der Waals surface area contributed by atoms with E-state index >= 15 is 0 Å². The van der Waals surface area contributed by atoms with Crippen LogP contribution in [0, 0.1) is 7.11 Å². The van der Waals surface area contributed by atoms with Crippen LogP contribution in [0.2, 0.25) is 6.32 Å². The average Bonchev–Trinajstić information content (AvgIpc) is 2.85. The van der Waals surface area contributed by atoms with E-state index in [1.165, 1.54) is 0 Å². The Balaban J connectivity index is 0.00000242. The fraction of sp³-hybridized carbons (Fsp3) is 0.500. The van der Waals surface area contributed by atoms with Gasteiger partial charge in [-0.1, -0.05) is 18.5 Å². The second kappa shape index (κ2) is 9.69. The molecule has 0 aliphatic carbocycles. The molecule has 115 valence electrons. The molecule has 1 amide bonds. The average molecular weight is 375 g/mol. The van der Waals surface area contributed by atoms with Crippen molar-refractivity contribution in [2.24, 2.45) is 0 Å². The minimum absolute atomic E-state index is 0. The number of hydrogen-bond donors (Lipinski definition) is 1. The van der Waals surface area contributed by atoms with Crippen LogP contribution in [-0.4, -0.2) is 35.9 Å². The van der Waals surface area contributed by atoms with Crippen LogP contribution < -0.4 is 4.74 Å². The maximum atomic E-state index is 12.1. The molecular weight excluding hydrogens is 354 g/mol. The van der Waals surface area contributed by atoms with E-state index in [1.807, 2.05) is 29.2 Å². The molecule has 0 aromatic heterocycles. The third kappa shape index (κ3) is 5.36. The number of ether oxygens (including phenoxy) is 1. The summed E-state index contributed by atoms with van der Waals surface area (Å²) in [5, 5.41) is 9.58. The van der Waals surface area contributed by atoms with Crippen molar-refractivity contribution in [3.05, 3.63) is 36.9 Å². The van der Waals surface area contributed by atoms with Gasteiger partial charge in [0.25, 0.3) is 0 Å². The number of nitrogens with zero attached hydrogens (tertiary/aromatic N) is 1. The summed E-state index contributed by atoms with van der Waals surface area (Å²) in [5.41, 5.74) is 1.02. The molecule has 1 fully saturated rings. The summed E-state index contributed by atoms with van der Waals surface area (Å²) in [7, 11) is 8.82. The van der Waals surface area contributed by atoms with E-state index in [0.717, 1.165) is 18.4 Å². The predicted molar refractivity (Wildman–Crippen MR) is 81.8 cm³/mol. The first-order valence-electron chi connectivity index (χ1n) is 7.32. The van der Waals surface area contributed by atoms with Gasteiger partial charge >= 0.3 is 0 Å². The molecule has 22 heavy (non-hydrogen) atoms. The van der Waals surface area contributed by atoms with Gasteiger partial charge in [-0.15, -0.1) is 0 Å². The maximum Gasteiger partial charge on any atom is 0.223 e. The molecule has 0 spiro atoms. The number of rotatable bonds is 7.